The first-order chi connectivity index (χ1) is 14.0. The molecule has 4 N–H and O–H groups in total. The van der Waals surface area contributed by atoms with E-state index in [2.05, 4.69) is 5.32 Å². The number of amides is 3. The molecule has 5 atom stereocenters. The molecule has 1 saturated carbocycles. The summed E-state index contributed by atoms with van der Waals surface area (Å²) in [5.41, 5.74) is 4.84. The molecule has 1 saturated heterocycles. The van der Waals surface area contributed by atoms with Crippen LogP contribution in [-0.4, -0.2) is 65.6 Å². The summed E-state index contributed by atoms with van der Waals surface area (Å²) in [5.74, 6) is -2.56. The van der Waals surface area contributed by atoms with E-state index in [0.29, 0.717) is 6.42 Å². The van der Waals surface area contributed by atoms with E-state index in [1.165, 1.54) is 4.90 Å². The zero-order chi connectivity index (χ0) is 23.9. The highest BCUT2D eigenvalue weighted by Crippen LogP contribution is 2.65. The van der Waals surface area contributed by atoms with E-state index in [-0.39, 0.29) is 23.8 Å². The predicted molar refractivity (Wildman–Crippen MR) is 113 cm³/mol. The molecule has 1 aliphatic carbocycles. The molecule has 2 fully saturated rings. The Hall–Kier alpha value is -1.49. The van der Waals surface area contributed by atoms with Gasteiger partial charge in [-0.2, -0.15) is 24.9 Å². The molecular weight excluding hydrogens is 433 g/mol. The second-order valence-electron chi connectivity index (χ2n) is 10.1. The number of likely N-dealkylation sites (tertiary alicyclic amines) is 1. The Bertz CT molecular complexity index is 723. The molecule has 2 aliphatic rings. The minimum atomic E-state index is -5.11. The van der Waals surface area contributed by atoms with Crippen molar-refractivity contribution in [2.24, 2.45) is 28.4 Å². The van der Waals surface area contributed by atoms with Crippen LogP contribution in [0, 0.1) is 22.7 Å². The minimum Gasteiger partial charge on any atom is -0.339 e. The van der Waals surface area contributed by atoms with E-state index < -0.39 is 47.6 Å². The highest BCUT2D eigenvalue weighted by Gasteiger charge is 2.69. The van der Waals surface area contributed by atoms with Gasteiger partial charge in [-0.15, -0.1) is 0 Å². The van der Waals surface area contributed by atoms with Crippen LogP contribution in [0.2, 0.25) is 0 Å². The molecular formula is C20H33F3N4O3S. The average Bonchev–Trinajstić information content (AvgIpc) is 2.98. The van der Waals surface area contributed by atoms with Crippen molar-refractivity contribution in [1.29, 1.82) is 0 Å². The first-order valence-electron chi connectivity index (χ1n) is 10.3. The van der Waals surface area contributed by atoms with E-state index in [9.17, 15) is 27.6 Å². The van der Waals surface area contributed by atoms with Gasteiger partial charge in [-0.05, 0) is 41.1 Å². The largest absolute Gasteiger partial charge is 0.471 e. The lowest BCUT2D eigenvalue weighted by Gasteiger charge is -2.38. The first kappa shape index (κ1) is 25.8. The molecule has 1 heterocycles. The fourth-order valence-electron chi connectivity index (χ4n) is 4.43. The number of piperidine rings is 1. The summed E-state index contributed by atoms with van der Waals surface area (Å²) in [6.45, 7) is 8.97. The fourth-order valence-corrected chi connectivity index (χ4v) is 4.92. The van der Waals surface area contributed by atoms with Gasteiger partial charge in [0, 0.05) is 6.54 Å². The number of fused-ring (bicyclic) bond motifs is 1. The summed E-state index contributed by atoms with van der Waals surface area (Å²) in [6.07, 6.45) is -3.22. The maximum atomic E-state index is 13.3. The molecule has 2 rings (SSSR count). The summed E-state index contributed by atoms with van der Waals surface area (Å²) < 4.78 is 38.5. The van der Waals surface area contributed by atoms with Crippen molar-refractivity contribution in [2.75, 3.05) is 18.6 Å². The first-order valence-corrected chi connectivity index (χ1v) is 11.7. The standard InChI is InChI=1S/C20H33F3N4O3S/c1-18(2,3)14(26-17(30)20(21,22)23)16(29)27-9-10-12(19(10,4)5)13(27)15(28)25-11(24)7-8-31-6/h10-14H,7-9,24H2,1-6H3,(H,25,28)(H,26,30)/t10-,11-,12-,13-,14+/m0/s1. The van der Waals surface area contributed by atoms with E-state index in [1.807, 2.05) is 25.4 Å². The molecule has 7 nitrogen and oxygen atoms in total. The third-order valence-electron chi connectivity index (χ3n) is 6.37. The quantitative estimate of drug-likeness (QED) is 0.496. The van der Waals surface area contributed by atoms with Crippen LogP contribution in [0.25, 0.3) is 0 Å². The Labute approximate surface area is 185 Å². The third-order valence-corrected chi connectivity index (χ3v) is 7.01. The van der Waals surface area contributed by atoms with Crippen molar-refractivity contribution < 1.29 is 27.6 Å². The number of nitrogens with one attached hydrogen (secondary N) is 2. The summed E-state index contributed by atoms with van der Waals surface area (Å²) in [7, 11) is 0. The van der Waals surface area contributed by atoms with E-state index in [0.717, 1.165) is 5.75 Å². The van der Waals surface area contributed by atoms with Crippen LogP contribution in [0.5, 0.6) is 0 Å². The lowest BCUT2D eigenvalue weighted by molar-refractivity contribution is -0.176. The second-order valence-corrected chi connectivity index (χ2v) is 11.0. The van der Waals surface area contributed by atoms with Gasteiger partial charge in [0.05, 0.1) is 6.17 Å². The van der Waals surface area contributed by atoms with Crippen molar-refractivity contribution in [2.45, 2.75) is 65.5 Å². The number of alkyl halides is 3. The van der Waals surface area contributed by atoms with Crippen LogP contribution in [-0.2, 0) is 14.4 Å². The van der Waals surface area contributed by atoms with Crippen molar-refractivity contribution in [1.82, 2.24) is 15.5 Å². The molecule has 0 aromatic rings. The summed E-state index contributed by atoms with van der Waals surface area (Å²) in [6, 6.07) is -2.26. The zero-order valence-corrected chi connectivity index (χ0v) is 19.6. The topological polar surface area (TPSA) is 105 Å². The number of thioether (sulfide) groups is 1. The molecule has 0 spiro atoms. The fraction of sp³-hybridized carbons (Fsp3) is 0.850. The van der Waals surface area contributed by atoms with Crippen molar-refractivity contribution in [3.05, 3.63) is 0 Å². The highest BCUT2D eigenvalue weighted by atomic mass is 32.2. The van der Waals surface area contributed by atoms with Crippen LogP contribution in [0.4, 0.5) is 13.2 Å². The Morgan fingerprint density at radius 3 is 2.26 bits per heavy atom. The van der Waals surface area contributed by atoms with Crippen LogP contribution >= 0.6 is 11.8 Å². The highest BCUT2D eigenvalue weighted by molar-refractivity contribution is 7.98. The summed E-state index contributed by atoms with van der Waals surface area (Å²) in [4.78, 5) is 39.3. The molecule has 1 aliphatic heterocycles. The van der Waals surface area contributed by atoms with Gasteiger partial charge in [0.15, 0.2) is 0 Å². The normalized spacial score (nSPS) is 26.6. The monoisotopic (exact) mass is 466 g/mol. The summed E-state index contributed by atoms with van der Waals surface area (Å²) in [5, 5.41) is 4.58. The van der Waals surface area contributed by atoms with Crippen molar-refractivity contribution in [3.8, 4) is 0 Å². The Morgan fingerprint density at radius 1 is 1.19 bits per heavy atom. The van der Waals surface area contributed by atoms with Crippen molar-refractivity contribution in [3.63, 3.8) is 0 Å². The molecule has 178 valence electrons. The minimum absolute atomic E-state index is 0.0635. The van der Waals surface area contributed by atoms with Crippen LogP contribution < -0.4 is 16.4 Å². The number of carbonyl (C=O) groups is 3. The van der Waals surface area contributed by atoms with Crippen LogP contribution in [0.1, 0.15) is 41.0 Å². The van der Waals surface area contributed by atoms with E-state index in [4.69, 9.17) is 5.73 Å². The SMILES string of the molecule is CSCC[C@@H](N)NC(=O)[C@@H]1[C@@H]2[C@H](CN1C(=O)[C@@H](NC(=O)C(F)(F)F)C(C)(C)C)C2(C)C. The van der Waals surface area contributed by atoms with Crippen molar-refractivity contribution >= 4 is 29.5 Å². The van der Waals surface area contributed by atoms with Crippen LogP contribution in [0.15, 0.2) is 0 Å². The number of nitrogens with two attached hydrogens (primary N) is 1. The van der Waals surface area contributed by atoms with E-state index in [1.54, 1.807) is 32.5 Å². The number of hydrogen-bond acceptors (Lipinski definition) is 5. The number of hydrogen-bond donors (Lipinski definition) is 3. The Balaban J connectivity index is 2.25. The van der Waals surface area contributed by atoms with Crippen LogP contribution in [0.3, 0.4) is 0 Å². The molecule has 0 unspecified atom stereocenters. The van der Waals surface area contributed by atoms with Gasteiger partial charge < -0.3 is 21.3 Å². The van der Waals surface area contributed by atoms with Gasteiger partial charge in [-0.3, -0.25) is 14.4 Å². The number of halogens is 3. The Morgan fingerprint density at radius 2 is 1.77 bits per heavy atom. The molecule has 31 heavy (non-hydrogen) atoms. The lowest BCUT2D eigenvalue weighted by atomic mass is 9.85. The number of rotatable bonds is 7. The molecule has 0 aromatic carbocycles. The lowest BCUT2D eigenvalue weighted by Crippen LogP contribution is -2.61. The van der Waals surface area contributed by atoms with Gasteiger partial charge >= 0.3 is 12.1 Å². The molecule has 0 bridgehead atoms. The van der Waals surface area contributed by atoms with Gasteiger partial charge in [0.2, 0.25) is 11.8 Å². The predicted octanol–water partition coefficient (Wildman–Crippen LogP) is 1.72. The smallest absolute Gasteiger partial charge is 0.339 e. The molecule has 3 amide bonds. The zero-order valence-electron chi connectivity index (χ0n) is 18.8. The maximum Gasteiger partial charge on any atom is 0.471 e. The average molecular weight is 467 g/mol. The third kappa shape index (κ3) is 5.47. The Kier molecular flexibility index (Phi) is 7.32. The molecule has 11 heteroatoms. The number of nitrogens with zero attached hydrogens (tertiary/aromatic N) is 1. The van der Waals surface area contributed by atoms with E-state index >= 15 is 0 Å². The van der Waals surface area contributed by atoms with Gasteiger partial charge in [-0.25, -0.2) is 0 Å². The molecule has 0 aromatic heterocycles. The van der Waals surface area contributed by atoms with Gasteiger partial charge in [-0.1, -0.05) is 34.6 Å². The second kappa shape index (κ2) is 8.80. The summed E-state index contributed by atoms with van der Waals surface area (Å²) >= 11 is 1.59. The number of carbonyl (C=O) groups excluding carboxylic acids is 3. The molecule has 0 radical (unpaired) electrons. The maximum absolute atomic E-state index is 13.3. The van der Waals surface area contributed by atoms with Gasteiger partial charge in [0.25, 0.3) is 0 Å². The van der Waals surface area contributed by atoms with Gasteiger partial charge in [0.1, 0.15) is 12.1 Å².